The summed E-state index contributed by atoms with van der Waals surface area (Å²) < 4.78 is 14.3. The summed E-state index contributed by atoms with van der Waals surface area (Å²) in [5.41, 5.74) is -0.0715. The lowest BCUT2D eigenvalue weighted by Gasteiger charge is -2.23. The van der Waals surface area contributed by atoms with E-state index >= 15 is 0 Å². The van der Waals surface area contributed by atoms with Gasteiger partial charge in [0, 0.05) is 10.5 Å². The lowest BCUT2D eigenvalue weighted by atomic mass is 9.94. The van der Waals surface area contributed by atoms with Gasteiger partial charge in [-0.05, 0) is 31.0 Å². The van der Waals surface area contributed by atoms with Crippen LogP contribution in [0.4, 0.5) is 4.39 Å². The van der Waals surface area contributed by atoms with Gasteiger partial charge in [-0.2, -0.15) is 0 Å². The Morgan fingerprint density at radius 1 is 1.24 bits per heavy atom. The molecule has 0 saturated heterocycles. The van der Waals surface area contributed by atoms with Crippen LogP contribution < -0.4 is 5.32 Å². The van der Waals surface area contributed by atoms with Crippen LogP contribution in [0.1, 0.15) is 42.5 Å². The molecule has 0 spiro atoms. The van der Waals surface area contributed by atoms with Gasteiger partial charge >= 0.3 is 5.97 Å². The molecule has 0 radical (unpaired) electrons. The van der Waals surface area contributed by atoms with Crippen LogP contribution >= 0.6 is 15.9 Å². The van der Waals surface area contributed by atoms with Crippen molar-refractivity contribution >= 4 is 27.8 Å². The van der Waals surface area contributed by atoms with Gasteiger partial charge in [0.1, 0.15) is 5.82 Å². The van der Waals surface area contributed by atoms with Crippen molar-refractivity contribution in [1.29, 1.82) is 0 Å². The molecule has 1 fully saturated rings. The van der Waals surface area contributed by atoms with Crippen LogP contribution in [0.15, 0.2) is 22.7 Å². The van der Waals surface area contributed by atoms with Gasteiger partial charge in [-0.1, -0.05) is 35.2 Å². The molecular formula is C15H17BrFNO3. The van der Waals surface area contributed by atoms with Crippen LogP contribution in [-0.4, -0.2) is 23.0 Å². The molecular weight excluding hydrogens is 341 g/mol. The molecule has 2 atom stereocenters. The molecule has 4 nitrogen and oxygen atoms in total. The third-order valence-electron chi connectivity index (χ3n) is 3.82. The fourth-order valence-corrected chi connectivity index (χ4v) is 3.05. The molecule has 2 rings (SSSR count). The van der Waals surface area contributed by atoms with Crippen molar-refractivity contribution in [2.75, 3.05) is 0 Å². The first-order valence-electron chi connectivity index (χ1n) is 6.98. The number of hydrogen-bond donors (Lipinski definition) is 2. The first-order valence-corrected chi connectivity index (χ1v) is 7.77. The van der Waals surface area contributed by atoms with Gasteiger partial charge < -0.3 is 10.4 Å². The molecule has 0 bridgehead atoms. The smallest absolute Gasteiger partial charge is 0.308 e. The summed E-state index contributed by atoms with van der Waals surface area (Å²) in [7, 11) is 0. The van der Waals surface area contributed by atoms with Crippen molar-refractivity contribution in [3.63, 3.8) is 0 Å². The molecule has 1 aliphatic rings. The molecule has 0 aromatic heterocycles. The number of carbonyl (C=O) groups excluding carboxylic acids is 1. The molecule has 0 aliphatic heterocycles. The van der Waals surface area contributed by atoms with Crippen LogP contribution in [0.5, 0.6) is 0 Å². The highest BCUT2D eigenvalue weighted by Crippen LogP contribution is 2.24. The zero-order valence-corrected chi connectivity index (χ0v) is 13.0. The summed E-state index contributed by atoms with van der Waals surface area (Å²) in [5.74, 6) is -2.69. The Morgan fingerprint density at radius 2 is 1.95 bits per heavy atom. The lowest BCUT2D eigenvalue weighted by Crippen LogP contribution is -2.43. The standard InChI is InChI=1S/C15H17BrFNO3/c16-9-6-7-12(17)11(8-9)14(19)18-13-5-3-1-2-4-10(13)15(20)21/h6-8,10,13H,1-5H2,(H,18,19)(H,20,21)/t10-,13+/m1/s1. The number of amides is 1. The number of carboxylic acid groups (broad SMARTS) is 1. The van der Waals surface area contributed by atoms with Crippen LogP contribution in [0.25, 0.3) is 0 Å². The Kier molecular flexibility index (Phi) is 5.33. The Labute approximate surface area is 130 Å². The van der Waals surface area contributed by atoms with Crippen molar-refractivity contribution < 1.29 is 19.1 Å². The van der Waals surface area contributed by atoms with Crippen molar-refractivity contribution in [2.45, 2.75) is 38.1 Å². The number of nitrogens with one attached hydrogen (secondary N) is 1. The number of carbonyl (C=O) groups is 2. The summed E-state index contributed by atoms with van der Waals surface area (Å²) in [4.78, 5) is 23.5. The van der Waals surface area contributed by atoms with Gasteiger partial charge in [0.15, 0.2) is 0 Å². The molecule has 114 valence electrons. The Hall–Kier alpha value is -1.43. The van der Waals surface area contributed by atoms with E-state index in [2.05, 4.69) is 21.2 Å². The highest BCUT2D eigenvalue weighted by atomic mass is 79.9. The molecule has 2 N–H and O–H groups in total. The van der Waals surface area contributed by atoms with E-state index < -0.39 is 29.7 Å². The lowest BCUT2D eigenvalue weighted by molar-refractivity contribution is -0.142. The summed E-state index contributed by atoms with van der Waals surface area (Å²) in [6.45, 7) is 0. The molecule has 1 aromatic carbocycles. The second-order valence-electron chi connectivity index (χ2n) is 5.29. The average molecular weight is 358 g/mol. The van der Waals surface area contributed by atoms with Crippen LogP contribution in [0.2, 0.25) is 0 Å². The quantitative estimate of drug-likeness (QED) is 0.815. The first kappa shape index (κ1) is 15.9. The first-order chi connectivity index (χ1) is 9.99. The van der Waals surface area contributed by atoms with E-state index in [0.29, 0.717) is 17.3 Å². The number of rotatable bonds is 3. The Morgan fingerprint density at radius 3 is 2.67 bits per heavy atom. The average Bonchev–Trinajstić information content (AvgIpc) is 2.67. The maximum absolute atomic E-state index is 13.7. The van der Waals surface area contributed by atoms with Crippen molar-refractivity contribution in [2.24, 2.45) is 5.92 Å². The molecule has 1 aromatic rings. The van der Waals surface area contributed by atoms with Crippen molar-refractivity contribution in [1.82, 2.24) is 5.32 Å². The Bertz CT molecular complexity index is 550. The van der Waals surface area contributed by atoms with E-state index in [4.69, 9.17) is 0 Å². The maximum Gasteiger partial charge on any atom is 0.308 e. The third-order valence-corrected chi connectivity index (χ3v) is 4.32. The van der Waals surface area contributed by atoms with Crippen molar-refractivity contribution in [3.05, 3.63) is 34.1 Å². The molecule has 1 aliphatic carbocycles. The highest BCUT2D eigenvalue weighted by molar-refractivity contribution is 9.10. The van der Waals surface area contributed by atoms with Crippen LogP contribution in [-0.2, 0) is 4.79 Å². The summed E-state index contributed by atoms with van der Waals surface area (Å²) in [6.07, 6.45) is 3.82. The van der Waals surface area contributed by atoms with Gasteiger partial charge in [-0.3, -0.25) is 9.59 Å². The topological polar surface area (TPSA) is 66.4 Å². The molecule has 1 amide bonds. The molecule has 1 saturated carbocycles. The number of benzene rings is 1. The fraction of sp³-hybridized carbons (Fsp3) is 0.467. The van der Waals surface area contributed by atoms with E-state index in [9.17, 15) is 19.1 Å². The van der Waals surface area contributed by atoms with Crippen LogP contribution in [0, 0.1) is 11.7 Å². The number of carboxylic acids is 1. The summed E-state index contributed by atoms with van der Waals surface area (Å²) in [5, 5.41) is 12.0. The normalized spacial score (nSPS) is 22.4. The van der Waals surface area contributed by atoms with E-state index in [1.165, 1.54) is 18.2 Å². The third kappa shape index (κ3) is 4.03. The minimum atomic E-state index is -0.906. The van der Waals surface area contributed by atoms with E-state index in [-0.39, 0.29) is 5.56 Å². The molecule has 6 heteroatoms. The number of halogens is 2. The Balaban J connectivity index is 2.16. The minimum Gasteiger partial charge on any atom is -0.481 e. The van der Waals surface area contributed by atoms with E-state index in [1.807, 2.05) is 0 Å². The predicted molar refractivity (Wildman–Crippen MR) is 79.6 cm³/mol. The fourth-order valence-electron chi connectivity index (χ4n) is 2.69. The maximum atomic E-state index is 13.7. The van der Waals surface area contributed by atoms with E-state index in [0.717, 1.165) is 19.3 Å². The minimum absolute atomic E-state index is 0.0715. The SMILES string of the molecule is O=C(N[C@H]1CCCCC[C@H]1C(=O)O)c1cc(Br)ccc1F. The van der Waals surface area contributed by atoms with Gasteiger partial charge in [0.25, 0.3) is 5.91 Å². The molecule has 0 heterocycles. The van der Waals surface area contributed by atoms with Crippen molar-refractivity contribution in [3.8, 4) is 0 Å². The summed E-state index contributed by atoms with van der Waals surface area (Å²) >= 11 is 3.20. The number of aliphatic carboxylic acids is 1. The van der Waals surface area contributed by atoms with Gasteiger partial charge in [-0.15, -0.1) is 0 Å². The zero-order chi connectivity index (χ0) is 15.4. The zero-order valence-electron chi connectivity index (χ0n) is 11.4. The second kappa shape index (κ2) is 7.02. The van der Waals surface area contributed by atoms with Gasteiger partial charge in [0.05, 0.1) is 11.5 Å². The van der Waals surface area contributed by atoms with E-state index in [1.54, 1.807) is 0 Å². The largest absolute Gasteiger partial charge is 0.481 e. The second-order valence-corrected chi connectivity index (χ2v) is 6.20. The molecule has 0 unspecified atom stereocenters. The van der Waals surface area contributed by atoms with Gasteiger partial charge in [0.2, 0.25) is 0 Å². The van der Waals surface area contributed by atoms with Crippen LogP contribution in [0.3, 0.4) is 0 Å². The summed E-state index contributed by atoms with van der Waals surface area (Å²) in [6, 6.07) is 3.67. The monoisotopic (exact) mass is 357 g/mol. The predicted octanol–water partition coefficient (Wildman–Crippen LogP) is 3.35. The van der Waals surface area contributed by atoms with Gasteiger partial charge in [-0.25, -0.2) is 4.39 Å². The highest BCUT2D eigenvalue weighted by Gasteiger charge is 2.31. The molecule has 21 heavy (non-hydrogen) atoms. The number of hydrogen-bond acceptors (Lipinski definition) is 2.